The number of aromatic nitrogens is 3. The summed E-state index contributed by atoms with van der Waals surface area (Å²) in [6.45, 7) is 10.5. The lowest BCUT2D eigenvalue weighted by Crippen LogP contribution is -2.40. The molecule has 2 heterocycles. The van der Waals surface area contributed by atoms with Gasteiger partial charge in [-0.2, -0.15) is 9.97 Å². The molecule has 2 aromatic rings. The van der Waals surface area contributed by atoms with Gasteiger partial charge in [-0.3, -0.25) is 4.90 Å². The van der Waals surface area contributed by atoms with Crippen molar-refractivity contribution >= 4 is 23.4 Å². The second-order valence-corrected chi connectivity index (χ2v) is 6.19. The Labute approximate surface area is 143 Å². The standard InChI is InChI=1S/C17H27N7/c1-12(2)24(13(3)4)10-9-20-15-11-16(23-17(18)22-15)21-14-7-5-6-8-19-14/h5-8,11-13H,9-10H2,1-4H3,(H4,18,19,20,21,22,23). The van der Waals surface area contributed by atoms with E-state index in [0.29, 0.717) is 29.5 Å². The number of hydrogen-bond donors (Lipinski definition) is 3. The van der Waals surface area contributed by atoms with E-state index in [4.69, 9.17) is 5.73 Å². The Hall–Kier alpha value is -2.41. The van der Waals surface area contributed by atoms with E-state index in [9.17, 15) is 0 Å². The summed E-state index contributed by atoms with van der Waals surface area (Å²) < 4.78 is 0. The van der Waals surface area contributed by atoms with E-state index in [0.717, 1.165) is 13.1 Å². The Balaban J connectivity index is 1.98. The highest BCUT2D eigenvalue weighted by Gasteiger charge is 2.12. The van der Waals surface area contributed by atoms with Crippen molar-refractivity contribution in [2.45, 2.75) is 39.8 Å². The zero-order valence-corrected chi connectivity index (χ0v) is 14.8. The molecule has 7 heteroatoms. The minimum atomic E-state index is 0.225. The van der Waals surface area contributed by atoms with Crippen LogP contribution in [0.3, 0.4) is 0 Å². The van der Waals surface area contributed by atoms with Gasteiger partial charge < -0.3 is 16.4 Å². The second-order valence-electron chi connectivity index (χ2n) is 6.19. The Morgan fingerprint density at radius 3 is 2.38 bits per heavy atom. The molecule has 130 valence electrons. The van der Waals surface area contributed by atoms with Crippen LogP contribution in [-0.2, 0) is 0 Å². The van der Waals surface area contributed by atoms with Crippen LogP contribution in [0.25, 0.3) is 0 Å². The smallest absolute Gasteiger partial charge is 0.223 e. The van der Waals surface area contributed by atoms with Crippen LogP contribution in [0.15, 0.2) is 30.5 Å². The van der Waals surface area contributed by atoms with Crippen LogP contribution in [0, 0.1) is 0 Å². The molecule has 0 atom stereocenters. The molecule has 0 radical (unpaired) electrons. The van der Waals surface area contributed by atoms with E-state index >= 15 is 0 Å². The van der Waals surface area contributed by atoms with Gasteiger partial charge in [0.25, 0.3) is 0 Å². The lowest BCUT2D eigenvalue weighted by Gasteiger charge is -2.30. The number of nitrogens with zero attached hydrogens (tertiary/aromatic N) is 4. The van der Waals surface area contributed by atoms with E-state index in [1.54, 1.807) is 6.20 Å². The normalized spacial score (nSPS) is 11.3. The third-order valence-electron chi connectivity index (χ3n) is 3.67. The van der Waals surface area contributed by atoms with Crippen LogP contribution < -0.4 is 16.4 Å². The highest BCUT2D eigenvalue weighted by molar-refractivity contribution is 5.57. The molecule has 2 aromatic heterocycles. The predicted molar refractivity (Wildman–Crippen MR) is 99.4 cm³/mol. The summed E-state index contributed by atoms with van der Waals surface area (Å²) in [6, 6.07) is 8.48. The van der Waals surface area contributed by atoms with E-state index in [-0.39, 0.29) is 5.95 Å². The largest absolute Gasteiger partial charge is 0.369 e. The van der Waals surface area contributed by atoms with E-state index in [1.165, 1.54) is 0 Å². The Morgan fingerprint density at radius 1 is 1.04 bits per heavy atom. The molecule has 4 N–H and O–H groups in total. The minimum absolute atomic E-state index is 0.225. The van der Waals surface area contributed by atoms with Gasteiger partial charge >= 0.3 is 0 Å². The van der Waals surface area contributed by atoms with Crippen LogP contribution in [0.2, 0.25) is 0 Å². The van der Waals surface area contributed by atoms with Gasteiger partial charge in [-0.15, -0.1) is 0 Å². The Bertz CT molecular complexity index is 620. The fraction of sp³-hybridized carbons (Fsp3) is 0.471. The van der Waals surface area contributed by atoms with Gasteiger partial charge in [0.2, 0.25) is 5.95 Å². The number of nitrogens with one attached hydrogen (secondary N) is 2. The van der Waals surface area contributed by atoms with Crippen molar-refractivity contribution in [3.8, 4) is 0 Å². The highest BCUT2D eigenvalue weighted by atomic mass is 15.2. The second kappa shape index (κ2) is 8.44. The first-order valence-electron chi connectivity index (χ1n) is 8.28. The summed E-state index contributed by atoms with van der Waals surface area (Å²) in [5.41, 5.74) is 5.81. The molecule has 2 rings (SSSR count). The van der Waals surface area contributed by atoms with Gasteiger partial charge in [0.1, 0.15) is 17.5 Å². The molecule has 0 saturated heterocycles. The SMILES string of the molecule is CC(C)N(CCNc1cc(Nc2ccccn2)nc(N)n1)C(C)C. The number of hydrogen-bond acceptors (Lipinski definition) is 7. The number of anilines is 4. The molecule has 0 fully saturated rings. The molecule has 0 unspecified atom stereocenters. The molecule has 0 saturated carbocycles. The summed E-state index contributed by atoms with van der Waals surface area (Å²) in [7, 11) is 0. The molecule has 0 aromatic carbocycles. The average Bonchev–Trinajstić information content (AvgIpc) is 2.51. The molecular weight excluding hydrogens is 302 g/mol. The van der Waals surface area contributed by atoms with Gasteiger partial charge in [0.15, 0.2) is 0 Å². The topological polar surface area (TPSA) is 92.0 Å². The van der Waals surface area contributed by atoms with Crippen LogP contribution in [0.1, 0.15) is 27.7 Å². The molecule has 0 spiro atoms. The van der Waals surface area contributed by atoms with Crippen molar-refractivity contribution in [3.63, 3.8) is 0 Å². The first-order chi connectivity index (χ1) is 11.5. The van der Waals surface area contributed by atoms with Gasteiger partial charge in [0, 0.05) is 37.4 Å². The van der Waals surface area contributed by atoms with Crippen molar-refractivity contribution in [2.75, 3.05) is 29.5 Å². The maximum atomic E-state index is 5.81. The van der Waals surface area contributed by atoms with Gasteiger partial charge in [-0.25, -0.2) is 4.98 Å². The first kappa shape index (κ1) is 17.9. The highest BCUT2D eigenvalue weighted by Crippen LogP contribution is 2.16. The minimum Gasteiger partial charge on any atom is -0.369 e. The van der Waals surface area contributed by atoms with Crippen LogP contribution in [0.4, 0.5) is 23.4 Å². The third-order valence-corrected chi connectivity index (χ3v) is 3.67. The lowest BCUT2D eigenvalue weighted by molar-refractivity contribution is 0.182. The fourth-order valence-electron chi connectivity index (χ4n) is 2.61. The monoisotopic (exact) mass is 329 g/mol. The van der Waals surface area contributed by atoms with Crippen molar-refractivity contribution in [3.05, 3.63) is 30.5 Å². The summed E-state index contributed by atoms with van der Waals surface area (Å²) in [5.74, 6) is 2.26. The average molecular weight is 329 g/mol. The lowest BCUT2D eigenvalue weighted by atomic mass is 10.2. The van der Waals surface area contributed by atoms with Crippen molar-refractivity contribution in [2.24, 2.45) is 0 Å². The molecule has 0 aliphatic heterocycles. The Kier molecular flexibility index (Phi) is 6.31. The summed E-state index contributed by atoms with van der Waals surface area (Å²) in [6.07, 6.45) is 1.72. The molecular formula is C17H27N7. The zero-order chi connectivity index (χ0) is 17.5. The fourth-order valence-corrected chi connectivity index (χ4v) is 2.61. The molecule has 0 aliphatic carbocycles. The maximum Gasteiger partial charge on any atom is 0.223 e. The van der Waals surface area contributed by atoms with Crippen LogP contribution in [-0.4, -0.2) is 45.0 Å². The number of pyridine rings is 1. The summed E-state index contributed by atoms with van der Waals surface area (Å²) in [5, 5.41) is 6.45. The quantitative estimate of drug-likeness (QED) is 0.686. The number of nitrogen functional groups attached to an aromatic ring is 1. The molecule has 24 heavy (non-hydrogen) atoms. The van der Waals surface area contributed by atoms with Crippen LogP contribution in [0.5, 0.6) is 0 Å². The summed E-state index contributed by atoms with van der Waals surface area (Å²) >= 11 is 0. The van der Waals surface area contributed by atoms with Gasteiger partial charge in [-0.1, -0.05) is 6.07 Å². The number of rotatable bonds is 8. The Morgan fingerprint density at radius 2 is 1.75 bits per heavy atom. The van der Waals surface area contributed by atoms with Crippen molar-refractivity contribution < 1.29 is 0 Å². The van der Waals surface area contributed by atoms with Crippen molar-refractivity contribution in [1.29, 1.82) is 0 Å². The molecule has 0 aliphatic rings. The first-order valence-corrected chi connectivity index (χ1v) is 8.28. The van der Waals surface area contributed by atoms with Crippen LogP contribution >= 0.6 is 0 Å². The summed E-state index contributed by atoms with van der Waals surface area (Å²) in [4.78, 5) is 15.1. The third kappa shape index (κ3) is 5.34. The molecule has 0 bridgehead atoms. The predicted octanol–water partition coefficient (Wildman–Crippen LogP) is 2.73. The zero-order valence-electron chi connectivity index (χ0n) is 14.8. The van der Waals surface area contributed by atoms with Gasteiger partial charge in [-0.05, 0) is 39.8 Å². The van der Waals surface area contributed by atoms with E-state index in [2.05, 4.69) is 58.2 Å². The molecule has 7 nitrogen and oxygen atoms in total. The maximum absolute atomic E-state index is 5.81. The molecule has 0 amide bonds. The van der Waals surface area contributed by atoms with E-state index < -0.39 is 0 Å². The van der Waals surface area contributed by atoms with Crippen molar-refractivity contribution in [1.82, 2.24) is 19.9 Å². The van der Waals surface area contributed by atoms with Gasteiger partial charge in [0.05, 0.1) is 0 Å². The van der Waals surface area contributed by atoms with E-state index in [1.807, 2.05) is 24.3 Å². The number of nitrogens with two attached hydrogens (primary N) is 1.